The summed E-state index contributed by atoms with van der Waals surface area (Å²) in [5.74, 6) is 0.331. The maximum Gasteiger partial charge on any atom is 0.344 e. The monoisotopic (exact) mass is 420 g/mol. The van der Waals surface area contributed by atoms with E-state index in [0.717, 1.165) is 34.5 Å². The van der Waals surface area contributed by atoms with Crippen LogP contribution in [0.1, 0.15) is 32.6 Å². The Balaban J connectivity index is 1.32. The lowest BCUT2D eigenvalue weighted by Crippen LogP contribution is -2.51. The second-order valence-electron chi connectivity index (χ2n) is 7.10. The van der Waals surface area contributed by atoms with E-state index < -0.39 is 17.5 Å². The summed E-state index contributed by atoms with van der Waals surface area (Å²) in [7, 11) is 0. The molecule has 0 unspecified atom stereocenters. The number of aromatic amines is 1. The Morgan fingerprint density at radius 2 is 2.21 bits per heavy atom. The van der Waals surface area contributed by atoms with Crippen LogP contribution in [0.15, 0.2) is 22.7 Å². The van der Waals surface area contributed by atoms with Gasteiger partial charge in [-0.1, -0.05) is 24.8 Å². The minimum atomic E-state index is -0.872. The number of carbonyl (C=O) groups is 3. The standard InChI is InChI=1S/C17H20N6O3S2/c1-10-4-6-17(7-5-10)14(25)23(16(26)19-17)22-12(24)9-28-15-18-13(20-21-15)11-3-2-8-27-11/h2-3,8,10H,4-7,9H2,1H3,(H,19,26)(H,22,24)(H,18,20,21). The first kappa shape index (κ1) is 18.9. The van der Waals surface area contributed by atoms with Gasteiger partial charge in [0.05, 0.1) is 10.6 Å². The molecule has 148 valence electrons. The van der Waals surface area contributed by atoms with E-state index >= 15 is 0 Å². The fraction of sp³-hybridized carbons (Fsp3) is 0.471. The number of nitrogens with one attached hydrogen (secondary N) is 3. The highest BCUT2D eigenvalue weighted by molar-refractivity contribution is 7.99. The molecule has 0 aromatic carbocycles. The third-order valence-corrected chi connectivity index (χ3v) is 6.80. The summed E-state index contributed by atoms with van der Waals surface area (Å²) in [6, 6.07) is 3.27. The van der Waals surface area contributed by atoms with Gasteiger partial charge in [0.15, 0.2) is 5.82 Å². The van der Waals surface area contributed by atoms with Crippen LogP contribution < -0.4 is 10.7 Å². The fourth-order valence-electron chi connectivity index (χ4n) is 3.44. The molecule has 2 aromatic heterocycles. The molecular weight excluding hydrogens is 400 g/mol. The molecule has 2 aliphatic rings. The van der Waals surface area contributed by atoms with E-state index in [1.165, 1.54) is 11.3 Å². The van der Waals surface area contributed by atoms with Crippen molar-refractivity contribution in [3.8, 4) is 10.7 Å². The smallest absolute Gasteiger partial charge is 0.322 e. The van der Waals surface area contributed by atoms with E-state index in [1.54, 1.807) is 0 Å². The topological polar surface area (TPSA) is 120 Å². The van der Waals surface area contributed by atoms with E-state index in [9.17, 15) is 14.4 Å². The van der Waals surface area contributed by atoms with Crippen molar-refractivity contribution in [3.05, 3.63) is 17.5 Å². The first-order chi connectivity index (χ1) is 13.5. The number of imide groups is 1. The molecule has 2 aromatic rings. The zero-order valence-corrected chi connectivity index (χ0v) is 16.9. The van der Waals surface area contributed by atoms with Crippen LogP contribution in [0, 0.1) is 5.92 Å². The molecule has 11 heteroatoms. The second kappa shape index (κ2) is 7.55. The summed E-state index contributed by atoms with van der Waals surface area (Å²) in [4.78, 5) is 42.5. The van der Waals surface area contributed by atoms with Crippen molar-refractivity contribution in [2.45, 2.75) is 43.3 Å². The number of hydrogen-bond donors (Lipinski definition) is 3. The van der Waals surface area contributed by atoms with E-state index in [2.05, 4.69) is 32.8 Å². The lowest BCUT2D eigenvalue weighted by molar-refractivity contribution is -0.139. The third-order valence-electron chi connectivity index (χ3n) is 5.08. The first-order valence-corrected chi connectivity index (χ1v) is 10.9. The predicted octanol–water partition coefficient (Wildman–Crippen LogP) is 2.16. The summed E-state index contributed by atoms with van der Waals surface area (Å²) >= 11 is 2.66. The number of thioether (sulfide) groups is 1. The minimum Gasteiger partial charge on any atom is -0.322 e. The Labute approximate surface area is 169 Å². The van der Waals surface area contributed by atoms with Crippen LogP contribution in [0.3, 0.4) is 0 Å². The van der Waals surface area contributed by atoms with Gasteiger partial charge in [0.2, 0.25) is 11.1 Å². The molecular formula is C17H20N6O3S2. The van der Waals surface area contributed by atoms with Crippen molar-refractivity contribution in [2.24, 2.45) is 5.92 Å². The molecule has 4 rings (SSSR count). The van der Waals surface area contributed by atoms with Gasteiger partial charge in [-0.25, -0.2) is 9.78 Å². The number of aromatic nitrogens is 3. The van der Waals surface area contributed by atoms with E-state index in [1.807, 2.05) is 17.5 Å². The fourth-order valence-corrected chi connectivity index (χ4v) is 4.69. The Bertz CT molecular complexity index is 889. The number of nitrogens with zero attached hydrogens (tertiary/aromatic N) is 3. The highest BCUT2D eigenvalue weighted by Crippen LogP contribution is 2.35. The molecule has 1 saturated heterocycles. The van der Waals surface area contributed by atoms with Crippen LogP contribution in [0.2, 0.25) is 0 Å². The van der Waals surface area contributed by atoms with Gasteiger partial charge < -0.3 is 5.32 Å². The van der Waals surface area contributed by atoms with Gasteiger partial charge >= 0.3 is 6.03 Å². The quantitative estimate of drug-likeness (QED) is 0.504. The number of H-pyrrole nitrogens is 1. The Kier molecular flexibility index (Phi) is 5.11. The first-order valence-electron chi connectivity index (χ1n) is 9.02. The van der Waals surface area contributed by atoms with Crippen LogP contribution in [-0.4, -0.2) is 49.3 Å². The molecule has 3 N–H and O–H groups in total. The number of hydrazine groups is 1. The predicted molar refractivity (Wildman–Crippen MR) is 104 cm³/mol. The zero-order valence-electron chi connectivity index (χ0n) is 15.2. The van der Waals surface area contributed by atoms with Gasteiger partial charge in [0.25, 0.3) is 5.91 Å². The molecule has 1 saturated carbocycles. The molecule has 3 heterocycles. The highest BCUT2D eigenvalue weighted by Gasteiger charge is 2.52. The zero-order chi connectivity index (χ0) is 19.7. The van der Waals surface area contributed by atoms with Crippen LogP contribution >= 0.6 is 23.1 Å². The Morgan fingerprint density at radius 3 is 2.93 bits per heavy atom. The van der Waals surface area contributed by atoms with Gasteiger partial charge in [-0.05, 0) is 43.0 Å². The normalized spacial score (nSPS) is 24.6. The van der Waals surface area contributed by atoms with E-state index in [-0.39, 0.29) is 11.7 Å². The largest absolute Gasteiger partial charge is 0.344 e. The van der Waals surface area contributed by atoms with Crippen LogP contribution in [-0.2, 0) is 9.59 Å². The number of amides is 4. The van der Waals surface area contributed by atoms with Gasteiger partial charge in [-0.3, -0.25) is 20.1 Å². The molecule has 2 fully saturated rings. The van der Waals surface area contributed by atoms with Gasteiger partial charge in [-0.15, -0.1) is 16.4 Å². The summed E-state index contributed by atoms with van der Waals surface area (Å²) in [6.45, 7) is 2.14. The maximum atomic E-state index is 12.7. The van der Waals surface area contributed by atoms with Crippen molar-refractivity contribution in [1.82, 2.24) is 30.9 Å². The SMILES string of the molecule is CC1CCC2(CC1)NC(=O)N(NC(=O)CSc1n[nH]c(-c3cccs3)n1)C2=O. The Hall–Kier alpha value is -2.40. The second-order valence-corrected chi connectivity index (χ2v) is 8.99. The molecule has 1 aliphatic heterocycles. The average Bonchev–Trinajstić information content (AvgIpc) is 3.40. The molecule has 0 atom stereocenters. The molecule has 9 nitrogen and oxygen atoms in total. The lowest BCUT2D eigenvalue weighted by atomic mass is 9.77. The molecule has 28 heavy (non-hydrogen) atoms. The molecule has 4 amide bonds. The highest BCUT2D eigenvalue weighted by atomic mass is 32.2. The number of urea groups is 1. The summed E-state index contributed by atoms with van der Waals surface area (Å²) in [5, 5.41) is 12.9. The van der Waals surface area contributed by atoms with Crippen molar-refractivity contribution in [2.75, 3.05) is 5.75 Å². The summed E-state index contributed by atoms with van der Waals surface area (Å²) in [6.07, 6.45) is 2.95. The van der Waals surface area contributed by atoms with Gasteiger partial charge in [0, 0.05) is 0 Å². The van der Waals surface area contributed by atoms with Crippen molar-refractivity contribution >= 4 is 40.9 Å². The number of rotatable bonds is 5. The summed E-state index contributed by atoms with van der Waals surface area (Å²) in [5.41, 5.74) is 1.54. The molecule has 1 spiro atoms. The Morgan fingerprint density at radius 1 is 1.43 bits per heavy atom. The minimum absolute atomic E-state index is 0.0111. The maximum absolute atomic E-state index is 12.7. The lowest BCUT2D eigenvalue weighted by Gasteiger charge is -2.33. The van der Waals surface area contributed by atoms with Crippen LogP contribution in [0.5, 0.6) is 0 Å². The third kappa shape index (κ3) is 3.63. The summed E-state index contributed by atoms with van der Waals surface area (Å²) < 4.78 is 0. The van der Waals surface area contributed by atoms with E-state index in [4.69, 9.17) is 0 Å². The van der Waals surface area contributed by atoms with Crippen molar-refractivity contribution < 1.29 is 14.4 Å². The number of thiophene rings is 1. The van der Waals surface area contributed by atoms with Gasteiger partial charge in [0.1, 0.15) is 5.54 Å². The molecule has 0 radical (unpaired) electrons. The number of hydrogen-bond acceptors (Lipinski definition) is 7. The molecule has 0 bridgehead atoms. The number of carbonyl (C=O) groups excluding carboxylic acids is 3. The average molecular weight is 421 g/mol. The van der Waals surface area contributed by atoms with E-state index in [0.29, 0.717) is 29.7 Å². The molecule has 1 aliphatic carbocycles. The van der Waals surface area contributed by atoms with Crippen LogP contribution in [0.4, 0.5) is 4.79 Å². The van der Waals surface area contributed by atoms with Gasteiger partial charge in [-0.2, -0.15) is 5.01 Å². The van der Waals surface area contributed by atoms with Crippen molar-refractivity contribution in [3.63, 3.8) is 0 Å². The van der Waals surface area contributed by atoms with Crippen molar-refractivity contribution in [1.29, 1.82) is 0 Å². The van der Waals surface area contributed by atoms with Crippen LogP contribution in [0.25, 0.3) is 10.7 Å².